The fourth-order valence-corrected chi connectivity index (χ4v) is 3.51. The number of amides is 1. The van der Waals surface area contributed by atoms with E-state index in [0.29, 0.717) is 30.5 Å². The van der Waals surface area contributed by atoms with Crippen molar-refractivity contribution in [2.45, 2.75) is 19.3 Å². The van der Waals surface area contributed by atoms with Crippen molar-refractivity contribution in [3.63, 3.8) is 0 Å². The maximum atomic E-state index is 13.8. The number of halogens is 2. The van der Waals surface area contributed by atoms with Gasteiger partial charge >= 0.3 is 0 Å². The zero-order chi connectivity index (χ0) is 22.1. The fraction of sp³-hybridized carbons (Fsp3) is 0.364. The minimum atomic E-state index is -0.676. The lowest BCUT2D eigenvalue weighted by atomic mass is 9.98. The van der Waals surface area contributed by atoms with Gasteiger partial charge in [0.25, 0.3) is 6.47 Å². The molecule has 1 amide bonds. The van der Waals surface area contributed by atoms with Gasteiger partial charge in [-0.05, 0) is 48.1 Å². The van der Waals surface area contributed by atoms with Crippen LogP contribution in [0.5, 0.6) is 11.5 Å². The monoisotopic (exact) mass is 421 g/mol. The minimum Gasteiger partial charge on any atom is -0.493 e. The third kappa shape index (κ3) is 6.17. The van der Waals surface area contributed by atoms with Gasteiger partial charge in [0.1, 0.15) is 11.6 Å². The predicted molar refractivity (Wildman–Crippen MR) is 107 cm³/mol. The number of carbonyl (C=O) groups is 2. The topological polar surface area (TPSA) is 76.1 Å². The number of benzene rings is 2. The van der Waals surface area contributed by atoms with E-state index >= 15 is 0 Å². The number of ether oxygens (including phenoxy) is 2. The summed E-state index contributed by atoms with van der Waals surface area (Å²) in [6.45, 7) is 1.04. The molecule has 1 aliphatic heterocycles. The van der Waals surface area contributed by atoms with Crippen molar-refractivity contribution in [3.05, 3.63) is 59.2 Å². The van der Waals surface area contributed by atoms with E-state index in [1.807, 2.05) is 18.2 Å². The Morgan fingerprint density at radius 2 is 1.87 bits per heavy atom. The molecule has 1 heterocycles. The average molecular weight is 421 g/mol. The van der Waals surface area contributed by atoms with Crippen molar-refractivity contribution >= 4 is 12.4 Å². The predicted octanol–water partition coefficient (Wildman–Crippen LogP) is 3.32. The highest BCUT2D eigenvalue weighted by molar-refractivity contribution is 5.79. The summed E-state index contributed by atoms with van der Waals surface area (Å²) in [6, 6.07) is 9.15. The molecule has 0 aromatic heterocycles. The highest BCUT2D eigenvalue weighted by Gasteiger charge is 2.27. The van der Waals surface area contributed by atoms with E-state index in [0.717, 1.165) is 24.5 Å². The number of rotatable bonds is 6. The van der Waals surface area contributed by atoms with Crippen LogP contribution < -0.4 is 9.47 Å². The van der Waals surface area contributed by atoms with E-state index in [1.54, 1.807) is 19.1 Å². The van der Waals surface area contributed by atoms with E-state index < -0.39 is 11.6 Å². The van der Waals surface area contributed by atoms with Crippen LogP contribution in [0.15, 0.2) is 36.4 Å². The zero-order valence-corrected chi connectivity index (χ0v) is 16.9. The smallest absolute Gasteiger partial charge is 0.290 e. The molecule has 0 spiro atoms. The van der Waals surface area contributed by atoms with Crippen molar-refractivity contribution in [1.82, 2.24) is 4.90 Å². The Balaban J connectivity index is 0.00000101. The second kappa shape index (κ2) is 11.1. The van der Waals surface area contributed by atoms with Gasteiger partial charge in [0.2, 0.25) is 5.91 Å². The van der Waals surface area contributed by atoms with Gasteiger partial charge in [0.05, 0.1) is 20.6 Å². The van der Waals surface area contributed by atoms with Crippen LogP contribution in [0.1, 0.15) is 17.5 Å². The summed E-state index contributed by atoms with van der Waals surface area (Å²) < 4.78 is 37.3. The molecule has 1 unspecified atom stereocenters. The Kier molecular flexibility index (Phi) is 8.58. The Morgan fingerprint density at radius 1 is 1.17 bits per heavy atom. The van der Waals surface area contributed by atoms with Gasteiger partial charge in [-0.3, -0.25) is 9.59 Å². The number of hydrogen-bond acceptors (Lipinski definition) is 4. The highest BCUT2D eigenvalue weighted by Crippen LogP contribution is 2.30. The second-order valence-corrected chi connectivity index (χ2v) is 6.91. The maximum Gasteiger partial charge on any atom is 0.290 e. The van der Waals surface area contributed by atoms with Crippen LogP contribution in [0.3, 0.4) is 0 Å². The van der Waals surface area contributed by atoms with Crippen LogP contribution in [0, 0.1) is 17.6 Å². The van der Waals surface area contributed by atoms with Crippen molar-refractivity contribution in [2.75, 3.05) is 27.3 Å². The molecule has 162 valence electrons. The number of hydrogen-bond donors (Lipinski definition) is 1. The van der Waals surface area contributed by atoms with Crippen LogP contribution in [-0.2, 0) is 22.4 Å². The Hall–Kier alpha value is -3.16. The molecule has 1 aliphatic rings. The van der Waals surface area contributed by atoms with E-state index in [2.05, 4.69) is 0 Å². The molecule has 3 rings (SSSR count). The highest BCUT2D eigenvalue weighted by atomic mass is 19.1. The van der Waals surface area contributed by atoms with E-state index in [-0.39, 0.29) is 24.4 Å². The molecule has 8 heteroatoms. The third-order valence-corrected chi connectivity index (χ3v) is 4.97. The molecule has 1 atom stereocenters. The molecule has 1 saturated heterocycles. The van der Waals surface area contributed by atoms with Gasteiger partial charge in [0, 0.05) is 19.2 Å². The molecule has 6 nitrogen and oxygen atoms in total. The number of carbonyl (C=O) groups excluding carboxylic acids is 1. The zero-order valence-electron chi connectivity index (χ0n) is 16.9. The summed E-state index contributed by atoms with van der Waals surface area (Å²) in [5.74, 6) is 0.267. The van der Waals surface area contributed by atoms with Crippen LogP contribution in [0.25, 0.3) is 0 Å². The molecule has 0 aliphatic carbocycles. The van der Waals surface area contributed by atoms with Crippen LogP contribution in [0.2, 0.25) is 0 Å². The molecule has 1 fully saturated rings. The van der Waals surface area contributed by atoms with Gasteiger partial charge in [0.15, 0.2) is 11.5 Å². The van der Waals surface area contributed by atoms with Crippen molar-refractivity contribution in [2.24, 2.45) is 5.92 Å². The molecule has 0 bridgehead atoms. The summed E-state index contributed by atoms with van der Waals surface area (Å²) in [7, 11) is 3.20. The first-order chi connectivity index (χ1) is 14.4. The standard InChI is InChI=1S/C21H23F2NO3.CH2O2/c1-26-19-6-3-14(10-20(19)27-2)9-15-7-8-24(13-15)21(25)11-16-4-5-17(22)12-18(16)23;2-1-3/h3-6,10,12,15H,7-9,11,13H2,1-2H3;1H,(H,2,3). The lowest BCUT2D eigenvalue weighted by Gasteiger charge is -2.17. The second-order valence-electron chi connectivity index (χ2n) is 6.91. The number of methoxy groups -OCH3 is 2. The molecule has 30 heavy (non-hydrogen) atoms. The molecule has 1 N–H and O–H groups in total. The Bertz CT molecular complexity index is 875. The van der Waals surface area contributed by atoms with E-state index in [1.165, 1.54) is 12.1 Å². The molecular weight excluding hydrogens is 396 g/mol. The number of nitrogens with zero attached hydrogens (tertiary/aromatic N) is 1. The molecule has 2 aromatic carbocycles. The molecule has 0 radical (unpaired) electrons. The number of likely N-dealkylation sites (tertiary alicyclic amines) is 1. The van der Waals surface area contributed by atoms with Crippen molar-refractivity contribution in [3.8, 4) is 11.5 Å². The molecular formula is C22H25F2NO5. The Morgan fingerprint density at radius 3 is 2.50 bits per heavy atom. The van der Waals surface area contributed by atoms with Crippen LogP contribution in [-0.4, -0.2) is 49.7 Å². The van der Waals surface area contributed by atoms with Gasteiger partial charge < -0.3 is 19.5 Å². The average Bonchev–Trinajstić information content (AvgIpc) is 3.19. The van der Waals surface area contributed by atoms with Crippen LogP contribution >= 0.6 is 0 Å². The first-order valence-corrected chi connectivity index (χ1v) is 9.42. The summed E-state index contributed by atoms with van der Waals surface area (Å²) >= 11 is 0. The Labute approximate surface area is 174 Å². The van der Waals surface area contributed by atoms with Gasteiger partial charge in [-0.1, -0.05) is 12.1 Å². The lowest BCUT2D eigenvalue weighted by Crippen LogP contribution is -2.30. The normalized spacial score (nSPS) is 15.2. The van der Waals surface area contributed by atoms with Gasteiger partial charge in [-0.2, -0.15) is 0 Å². The minimum absolute atomic E-state index is 0.0464. The van der Waals surface area contributed by atoms with E-state index in [9.17, 15) is 13.6 Å². The molecule has 0 saturated carbocycles. The van der Waals surface area contributed by atoms with Gasteiger partial charge in [-0.15, -0.1) is 0 Å². The largest absolute Gasteiger partial charge is 0.493 e. The van der Waals surface area contributed by atoms with Gasteiger partial charge in [-0.25, -0.2) is 8.78 Å². The third-order valence-electron chi connectivity index (χ3n) is 4.97. The van der Waals surface area contributed by atoms with E-state index in [4.69, 9.17) is 19.4 Å². The van der Waals surface area contributed by atoms with Crippen molar-refractivity contribution < 1.29 is 33.0 Å². The first kappa shape index (κ1) is 23.1. The first-order valence-electron chi connectivity index (χ1n) is 9.42. The van der Waals surface area contributed by atoms with Crippen LogP contribution in [0.4, 0.5) is 8.78 Å². The lowest BCUT2D eigenvalue weighted by molar-refractivity contribution is -0.129. The van der Waals surface area contributed by atoms with Crippen molar-refractivity contribution in [1.29, 1.82) is 0 Å². The maximum absolute atomic E-state index is 13.8. The summed E-state index contributed by atoms with van der Waals surface area (Å²) in [5.41, 5.74) is 1.35. The summed E-state index contributed by atoms with van der Waals surface area (Å²) in [4.78, 5) is 22.6. The SMILES string of the molecule is COc1ccc(CC2CCN(C(=O)Cc3ccc(F)cc3F)C2)cc1OC.O=CO. The number of carboxylic acid groups (broad SMARTS) is 1. The summed E-state index contributed by atoms with van der Waals surface area (Å²) in [6.07, 6.45) is 1.68. The fourth-order valence-electron chi connectivity index (χ4n) is 3.51. The molecule has 2 aromatic rings. The summed E-state index contributed by atoms with van der Waals surface area (Å²) in [5, 5.41) is 6.89. The quantitative estimate of drug-likeness (QED) is 0.725.